The van der Waals surface area contributed by atoms with Crippen LogP contribution < -0.4 is 5.32 Å². The molecule has 1 saturated heterocycles. The second kappa shape index (κ2) is 7.75. The quantitative estimate of drug-likeness (QED) is 0.728. The Kier molecular flexibility index (Phi) is 6.20. The number of carbonyl (C=O) groups is 1. The third-order valence-corrected chi connectivity index (χ3v) is 4.56. The summed E-state index contributed by atoms with van der Waals surface area (Å²) in [7, 11) is 0. The first-order valence-corrected chi connectivity index (χ1v) is 9.11. The maximum Gasteiger partial charge on any atom is 0.410 e. The van der Waals surface area contributed by atoms with Crippen molar-refractivity contribution in [3.8, 4) is 0 Å². The predicted octanol–water partition coefficient (Wildman–Crippen LogP) is 5.30. The molecule has 1 atom stereocenters. The van der Waals surface area contributed by atoms with Gasteiger partial charge in [-0.3, -0.25) is 0 Å². The van der Waals surface area contributed by atoms with Gasteiger partial charge in [-0.1, -0.05) is 11.6 Å². The minimum absolute atomic E-state index is 0.217. The van der Waals surface area contributed by atoms with Gasteiger partial charge < -0.3 is 15.0 Å². The van der Waals surface area contributed by atoms with Crippen LogP contribution in [0.1, 0.15) is 40.0 Å². The number of amides is 1. The van der Waals surface area contributed by atoms with Crippen LogP contribution in [0.4, 0.5) is 10.5 Å². The van der Waals surface area contributed by atoms with Gasteiger partial charge >= 0.3 is 6.09 Å². The number of anilines is 1. The SMILES string of the molecule is CC(C)(C)OC(=O)N1CCCC(Nc2ccc(Cl)cc2Br)CC1. The third kappa shape index (κ3) is 5.88. The maximum absolute atomic E-state index is 12.2. The lowest BCUT2D eigenvalue weighted by atomic mass is 10.1. The van der Waals surface area contributed by atoms with Crippen molar-refractivity contribution in [2.75, 3.05) is 18.4 Å². The van der Waals surface area contributed by atoms with Crippen molar-refractivity contribution in [1.82, 2.24) is 4.90 Å². The van der Waals surface area contributed by atoms with Gasteiger partial charge in [-0.05, 0) is 74.2 Å². The lowest BCUT2D eigenvalue weighted by Gasteiger charge is -2.26. The molecular weight excluding hydrogens is 380 g/mol. The molecule has 128 valence electrons. The minimum atomic E-state index is -0.449. The van der Waals surface area contributed by atoms with Crippen molar-refractivity contribution in [2.24, 2.45) is 0 Å². The number of hydrogen-bond acceptors (Lipinski definition) is 3. The van der Waals surface area contributed by atoms with Gasteiger partial charge in [0.05, 0.1) is 0 Å². The van der Waals surface area contributed by atoms with E-state index in [0.717, 1.165) is 36.0 Å². The highest BCUT2D eigenvalue weighted by molar-refractivity contribution is 9.10. The summed E-state index contributed by atoms with van der Waals surface area (Å²) in [6, 6.07) is 6.06. The molecule has 1 aromatic rings. The van der Waals surface area contributed by atoms with Crippen molar-refractivity contribution in [3.05, 3.63) is 27.7 Å². The molecule has 1 unspecified atom stereocenters. The van der Waals surface area contributed by atoms with Crippen molar-refractivity contribution >= 4 is 39.3 Å². The molecular formula is C17H24BrClN2O2. The Morgan fingerprint density at radius 2 is 2.09 bits per heavy atom. The lowest BCUT2D eigenvalue weighted by Crippen LogP contribution is -2.37. The molecule has 0 aliphatic carbocycles. The summed E-state index contributed by atoms with van der Waals surface area (Å²) in [5, 5.41) is 4.25. The zero-order valence-electron chi connectivity index (χ0n) is 13.9. The first-order chi connectivity index (χ1) is 10.7. The molecule has 1 fully saturated rings. The minimum Gasteiger partial charge on any atom is -0.444 e. The van der Waals surface area contributed by atoms with Crippen LogP contribution >= 0.6 is 27.5 Å². The molecule has 0 aromatic heterocycles. The summed E-state index contributed by atoms with van der Waals surface area (Å²) >= 11 is 9.51. The van der Waals surface area contributed by atoms with E-state index in [0.29, 0.717) is 17.6 Å². The number of nitrogens with one attached hydrogen (secondary N) is 1. The van der Waals surface area contributed by atoms with E-state index in [2.05, 4.69) is 21.2 Å². The summed E-state index contributed by atoms with van der Waals surface area (Å²) in [5.74, 6) is 0. The summed E-state index contributed by atoms with van der Waals surface area (Å²) in [6.45, 7) is 7.13. The topological polar surface area (TPSA) is 41.6 Å². The first-order valence-electron chi connectivity index (χ1n) is 7.94. The molecule has 2 rings (SSSR count). The molecule has 1 amide bonds. The summed E-state index contributed by atoms with van der Waals surface area (Å²) in [4.78, 5) is 14.0. The second-order valence-corrected chi connectivity index (χ2v) is 8.15. The fourth-order valence-electron chi connectivity index (χ4n) is 2.58. The van der Waals surface area contributed by atoms with Crippen LogP contribution in [0.15, 0.2) is 22.7 Å². The molecule has 1 aliphatic heterocycles. The van der Waals surface area contributed by atoms with Crippen LogP contribution in [0, 0.1) is 0 Å². The highest BCUT2D eigenvalue weighted by atomic mass is 79.9. The Morgan fingerprint density at radius 3 is 2.74 bits per heavy atom. The van der Waals surface area contributed by atoms with Crippen molar-refractivity contribution in [2.45, 2.75) is 51.7 Å². The van der Waals surface area contributed by atoms with Gasteiger partial charge in [0, 0.05) is 34.3 Å². The van der Waals surface area contributed by atoms with Gasteiger partial charge in [-0.15, -0.1) is 0 Å². The maximum atomic E-state index is 12.2. The smallest absolute Gasteiger partial charge is 0.410 e. The standard InChI is InChI=1S/C17H24BrClN2O2/c1-17(2,3)23-16(22)21-9-4-5-13(8-10-21)20-15-7-6-12(19)11-14(15)18/h6-7,11,13,20H,4-5,8-10H2,1-3H3. The van der Waals surface area contributed by atoms with E-state index < -0.39 is 5.60 Å². The molecule has 0 saturated carbocycles. The van der Waals surface area contributed by atoms with E-state index in [-0.39, 0.29) is 6.09 Å². The molecule has 23 heavy (non-hydrogen) atoms. The number of carbonyl (C=O) groups excluding carboxylic acids is 1. The molecule has 0 radical (unpaired) electrons. The Labute approximate surface area is 151 Å². The van der Waals surface area contributed by atoms with E-state index in [9.17, 15) is 4.79 Å². The van der Waals surface area contributed by atoms with Crippen LogP contribution in [0.3, 0.4) is 0 Å². The monoisotopic (exact) mass is 402 g/mol. The van der Waals surface area contributed by atoms with Crippen LogP contribution in [-0.4, -0.2) is 35.7 Å². The van der Waals surface area contributed by atoms with Crippen molar-refractivity contribution < 1.29 is 9.53 Å². The molecule has 0 spiro atoms. The molecule has 1 aliphatic rings. The van der Waals surface area contributed by atoms with Gasteiger partial charge in [0.15, 0.2) is 0 Å². The van der Waals surface area contributed by atoms with Gasteiger partial charge in [0.25, 0.3) is 0 Å². The van der Waals surface area contributed by atoms with Crippen molar-refractivity contribution in [3.63, 3.8) is 0 Å². The number of hydrogen-bond donors (Lipinski definition) is 1. The van der Waals surface area contributed by atoms with Gasteiger partial charge in [0.2, 0.25) is 0 Å². The average molecular weight is 404 g/mol. The van der Waals surface area contributed by atoms with Gasteiger partial charge in [0.1, 0.15) is 5.60 Å². The Bertz CT molecular complexity index is 560. The number of nitrogens with zero attached hydrogens (tertiary/aromatic N) is 1. The summed E-state index contributed by atoms with van der Waals surface area (Å²) < 4.78 is 6.42. The molecule has 1 N–H and O–H groups in total. The van der Waals surface area contributed by atoms with E-state index >= 15 is 0 Å². The van der Waals surface area contributed by atoms with Crippen LogP contribution in [0.5, 0.6) is 0 Å². The summed E-state index contributed by atoms with van der Waals surface area (Å²) in [5.41, 5.74) is 0.583. The summed E-state index contributed by atoms with van der Waals surface area (Å²) in [6.07, 6.45) is 2.66. The highest BCUT2D eigenvalue weighted by Gasteiger charge is 2.25. The van der Waals surface area contributed by atoms with E-state index in [1.807, 2.05) is 43.9 Å². The molecule has 1 aromatic carbocycles. The number of likely N-dealkylation sites (tertiary alicyclic amines) is 1. The normalized spacial score (nSPS) is 19.2. The highest BCUT2D eigenvalue weighted by Crippen LogP contribution is 2.28. The van der Waals surface area contributed by atoms with Gasteiger partial charge in [-0.2, -0.15) is 0 Å². The Morgan fingerprint density at radius 1 is 1.35 bits per heavy atom. The number of rotatable bonds is 2. The fourth-order valence-corrected chi connectivity index (χ4v) is 3.37. The van der Waals surface area contributed by atoms with E-state index in [1.165, 1.54) is 0 Å². The fraction of sp³-hybridized carbons (Fsp3) is 0.588. The zero-order valence-corrected chi connectivity index (χ0v) is 16.2. The van der Waals surface area contributed by atoms with Gasteiger partial charge in [-0.25, -0.2) is 4.79 Å². The zero-order chi connectivity index (χ0) is 17.0. The lowest BCUT2D eigenvalue weighted by molar-refractivity contribution is 0.0256. The van der Waals surface area contributed by atoms with Crippen LogP contribution in [-0.2, 0) is 4.74 Å². The third-order valence-electron chi connectivity index (χ3n) is 3.67. The van der Waals surface area contributed by atoms with E-state index in [1.54, 1.807) is 0 Å². The molecule has 0 bridgehead atoms. The number of benzene rings is 1. The molecule has 1 heterocycles. The predicted molar refractivity (Wildman–Crippen MR) is 98.2 cm³/mol. The Balaban J connectivity index is 1.92. The Hall–Kier alpha value is -0.940. The van der Waals surface area contributed by atoms with Crippen LogP contribution in [0.25, 0.3) is 0 Å². The molecule has 4 nitrogen and oxygen atoms in total. The number of ether oxygens (including phenoxy) is 1. The number of halogens is 2. The molecule has 6 heteroatoms. The average Bonchev–Trinajstić information content (AvgIpc) is 2.66. The largest absolute Gasteiger partial charge is 0.444 e. The van der Waals surface area contributed by atoms with E-state index in [4.69, 9.17) is 16.3 Å². The van der Waals surface area contributed by atoms with Crippen LogP contribution in [0.2, 0.25) is 5.02 Å². The second-order valence-electron chi connectivity index (χ2n) is 6.86. The first kappa shape index (κ1) is 18.4. The van der Waals surface area contributed by atoms with Crippen molar-refractivity contribution in [1.29, 1.82) is 0 Å².